The van der Waals surface area contributed by atoms with E-state index in [0.717, 1.165) is 76.8 Å². The Labute approximate surface area is 200 Å². The highest BCUT2D eigenvalue weighted by molar-refractivity contribution is 5.32. The Kier molecular flexibility index (Phi) is 8.17. The number of benzene rings is 2. The van der Waals surface area contributed by atoms with E-state index in [1.807, 2.05) is 6.07 Å². The molecule has 1 N–H and O–H groups in total. The van der Waals surface area contributed by atoms with Crippen LogP contribution in [-0.2, 0) is 6.54 Å². The summed E-state index contributed by atoms with van der Waals surface area (Å²) in [6.07, 6.45) is 0.876. The van der Waals surface area contributed by atoms with Crippen LogP contribution in [0.15, 0.2) is 54.6 Å². The average Bonchev–Trinajstić information content (AvgIpc) is 3.03. The molecule has 4 rings (SSSR count). The number of hydrogen-bond donors (Lipinski definition) is 1. The summed E-state index contributed by atoms with van der Waals surface area (Å²) in [5.41, 5.74) is 1.36. The minimum atomic E-state index is -4.71. The zero-order valence-corrected chi connectivity index (χ0v) is 19.6. The van der Waals surface area contributed by atoms with Gasteiger partial charge in [-0.15, -0.1) is 13.2 Å². The van der Waals surface area contributed by atoms with E-state index in [-0.39, 0.29) is 11.7 Å². The van der Waals surface area contributed by atoms with Gasteiger partial charge in [0.1, 0.15) is 5.75 Å². The van der Waals surface area contributed by atoms with Crippen LogP contribution >= 0.6 is 0 Å². The summed E-state index contributed by atoms with van der Waals surface area (Å²) in [6.45, 7) is 5.49. The van der Waals surface area contributed by atoms with Crippen molar-refractivity contribution in [1.29, 1.82) is 0 Å². The Bertz CT molecular complexity index is 883. The molecule has 1 atom stereocenters. The SMILES string of the molecule is OC1(C(CN2CCCN(Cc3ccccc3)CC2)c2ccc(OC(F)(F)F)cc2)CCCCC1. The minimum Gasteiger partial charge on any atom is -0.406 e. The minimum absolute atomic E-state index is 0.145. The topological polar surface area (TPSA) is 35.9 Å². The Morgan fingerprint density at radius 2 is 1.47 bits per heavy atom. The maximum Gasteiger partial charge on any atom is 0.573 e. The van der Waals surface area contributed by atoms with E-state index in [9.17, 15) is 18.3 Å². The molecule has 1 saturated carbocycles. The van der Waals surface area contributed by atoms with Gasteiger partial charge in [0.2, 0.25) is 0 Å². The third kappa shape index (κ3) is 6.96. The Morgan fingerprint density at radius 1 is 0.824 bits per heavy atom. The molecule has 0 bridgehead atoms. The first-order chi connectivity index (χ1) is 16.3. The molecule has 0 aromatic heterocycles. The second-order valence-electron chi connectivity index (χ2n) is 9.75. The Morgan fingerprint density at radius 3 is 2.15 bits per heavy atom. The van der Waals surface area contributed by atoms with Gasteiger partial charge in [0.05, 0.1) is 5.60 Å². The molecule has 2 fully saturated rings. The molecule has 7 heteroatoms. The molecule has 2 aromatic rings. The Hall–Kier alpha value is -2.09. The molecule has 0 spiro atoms. The number of hydrogen-bond acceptors (Lipinski definition) is 4. The lowest BCUT2D eigenvalue weighted by molar-refractivity contribution is -0.274. The molecule has 1 unspecified atom stereocenters. The third-order valence-electron chi connectivity index (χ3n) is 7.25. The first-order valence-electron chi connectivity index (χ1n) is 12.4. The van der Waals surface area contributed by atoms with Crippen LogP contribution in [0.2, 0.25) is 0 Å². The van der Waals surface area contributed by atoms with Crippen LogP contribution in [-0.4, -0.2) is 59.6 Å². The summed E-state index contributed by atoms with van der Waals surface area (Å²) < 4.78 is 41.8. The number of ether oxygens (including phenoxy) is 1. The normalized spacial score (nSPS) is 21.1. The summed E-state index contributed by atoms with van der Waals surface area (Å²) in [5, 5.41) is 11.6. The van der Waals surface area contributed by atoms with Crippen LogP contribution in [0.5, 0.6) is 5.75 Å². The zero-order chi connectivity index (χ0) is 24.0. The molecular formula is C27H35F3N2O2. The van der Waals surface area contributed by atoms with Gasteiger partial charge in [-0.1, -0.05) is 61.7 Å². The largest absolute Gasteiger partial charge is 0.573 e. The first kappa shape index (κ1) is 25.0. The number of halogens is 3. The van der Waals surface area contributed by atoms with Crippen LogP contribution in [0, 0.1) is 0 Å². The van der Waals surface area contributed by atoms with E-state index in [1.54, 1.807) is 12.1 Å². The first-order valence-corrected chi connectivity index (χ1v) is 12.4. The highest BCUT2D eigenvalue weighted by Gasteiger charge is 2.40. The molecule has 1 heterocycles. The molecule has 2 aromatic carbocycles. The molecular weight excluding hydrogens is 441 g/mol. The zero-order valence-electron chi connectivity index (χ0n) is 19.6. The Balaban J connectivity index is 1.45. The fraction of sp³-hybridized carbons (Fsp3) is 0.556. The molecule has 186 valence electrons. The summed E-state index contributed by atoms with van der Waals surface area (Å²) in [6, 6.07) is 16.6. The smallest absolute Gasteiger partial charge is 0.406 e. The predicted octanol–water partition coefficient (Wildman–Crippen LogP) is 5.57. The van der Waals surface area contributed by atoms with E-state index in [1.165, 1.54) is 17.7 Å². The standard InChI is InChI=1S/C27H35F3N2O2/c28-27(29,30)34-24-12-10-23(11-13-24)25(26(33)14-5-2-6-15-26)21-32-17-7-16-31(18-19-32)20-22-8-3-1-4-9-22/h1,3-4,8-13,25,33H,2,5-7,14-21H2. The van der Waals surface area contributed by atoms with Crippen molar-refractivity contribution in [3.05, 3.63) is 65.7 Å². The van der Waals surface area contributed by atoms with Gasteiger partial charge in [-0.3, -0.25) is 4.90 Å². The van der Waals surface area contributed by atoms with E-state index < -0.39 is 12.0 Å². The fourth-order valence-electron chi connectivity index (χ4n) is 5.46. The highest BCUT2D eigenvalue weighted by atomic mass is 19.4. The molecule has 2 aliphatic rings. The van der Waals surface area contributed by atoms with Gasteiger partial charge in [0.25, 0.3) is 0 Å². The van der Waals surface area contributed by atoms with Crippen molar-refractivity contribution in [2.24, 2.45) is 0 Å². The van der Waals surface area contributed by atoms with E-state index in [0.29, 0.717) is 6.54 Å². The van der Waals surface area contributed by atoms with Gasteiger partial charge < -0.3 is 14.7 Å². The fourth-order valence-corrected chi connectivity index (χ4v) is 5.46. The van der Waals surface area contributed by atoms with Crippen molar-refractivity contribution in [2.75, 3.05) is 32.7 Å². The number of alkyl halides is 3. The highest BCUT2D eigenvalue weighted by Crippen LogP contribution is 2.41. The van der Waals surface area contributed by atoms with Crippen molar-refractivity contribution in [3.63, 3.8) is 0 Å². The quantitative estimate of drug-likeness (QED) is 0.567. The van der Waals surface area contributed by atoms with Crippen molar-refractivity contribution in [2.45, 2.75) is 63.0 Å². The molecule has 4 nitrogen and oxygen atoms in total. The maximum absolute atomic E-state index is 12.6. The van der Waals surface area contributed by atoms with Gasteiger partial charge in [-0.05, 0) is 55.6 Å². The van der Waals surface area contributed by atoms with Crippen molar-refractivity contribution in [3.8, 4) is 5.75 Å². The van der Waals surface area contributed by atoms with Gasteiger partial charge in [0.15, 0.2) is 0 Å². The van der Waals surface area contributed by atoms with E-state index in [2.05, 4.69) is 38.8 Å². The molecule has 34 heavy (non-hydrogen) atoms. The molecule has 0 amide bonds. The van der Waals surface area contributed by atoms with Crippen LogP contribution in [0.1, 0.15) is 55.6 Å². The third-order valence-corrected chi connectivity index (χ3v) is 7.25. The summed E-state index contributed by atoms with van der Waals surface area (Å²) in [5.74, 6) is -0.370. The summed E-state index contributed by atoms with van der Waals surface area (Å²) >= 11 is 0. The molecule has 1 aliphatic carbocycles. The van der Waals surface area contributed by atoms with Crippen molar-refractivity contribution >= 4 is 0 Å². The second-order valence-corrected chi connectivity index (χ2v) is 9.75. The maximum atomic E-state index is 12.6. The van der Waals surface area contributed by atoms with Gasteiger partial charge in [-0.25, -0.2) is 0 Å². The van der Waals surface area contributed by atoms with Crippen LogP contribution in [0.4, 0.5) is 13.2 Å². The number of nitrogens with zero attached hydrogens (tertiary/aromatic N) is 2. The van der Waals surface area contributed by atoms with Gasteiger partial charge in [-0.2, -0.15) is 0 Å². The predicted molar refractivity (Wildman–Crippen MR) is 127 cm³/mol. The average molecular weight is 477 g/mol. The van der Waals surface area contributed by atoms with Crippen molar-refractivity contribution < 1.29 is 23.0 Å². The monoisotopic (exact) mass is 476 g/mol. The molecule has 1 aliphatic heterocycles. The van der Waals surface area contributed by atoms with Crippen LogP contribution < -0.4 is 4.74 Å². The van der Waals surface area contributed by atoms with Crippen LogP contribution in [0.25, 0.3) is 0 Å². The lowest BCUT2D eigenvalue weighted by atomic mass is 9.72. The van der Waals surface area contributed by atoms with Gasteiger partial charge in [0, 0.05) is 32.1 Å². The summed E-state index contributed by atoms with van der Waals surface area (Å²) in [7, 11) is 0. The van der Waals surface area contributed by atoms with Gasteiger partial charge >= 0.3 is 6.36 Å². The second kappa shape index (κ2) is 11.1. The van der Waals surface area contributed by atoms with E-state index >= 15 is 0 Å². The molecule has 0 radical (unpaired) electrons. The van der Waals surface area contributed by atoms with E-state index in [4.69, 9.17) is 0 Å². The lowest BCUT2D eigenvalue weighted by Crippen LogP contribution is -2.45. The number of rotatable bonds is 7. The summed E-state index contributed by atoms with van der Waals surface area (Å²) in [4.78, 5) is 4.89. The van der Waals surface area contributed by atoms with Crippen LogP contribution in [0.3, 0.4) is 0 Å². The lowest BCUT2D eigenvalue weighted by Gasteiger charge is -2.42. The number of aliphatic hydroxyl groups is 1. The van der Waals surface area contributed by atoms with Crippen molar-refractivity contribution in [1.82, 2.24) is 9.80 Å². The molecule has 1 saturated heterocycles.